The number of fused-ring (bicyclic) bond motifs is 2. The van der Waals surface area contributed by atoms with Gasteiger partial charge in [-0.1, -0.05) is 15.9 Å². The summed E-state index contributed by atoms with van der Waals surface area (Å²) in [5.74, 6) is 0. The molecule has 2 heterocycles. The van der Waals surface area contributed by atoms with Crippen molar-refractivity contribution >= 4 is 141 Å². The van der Waals surface area contributed by atoms with Crippen LogP contribution in [-0.2, 0) is 0 Å². The second kappa shape index (κ2) is 8.56. The lowest BCUT2D eigenvalue weighted by Gasteiger charge is -2.11. The minimum atomic E-state index is 0.998. The van der Waals surface area contributed by atoms with E-state index in [1.807, 2.05) is 0 Å². The van der Waals surface area contributed by atoms with Gasteiger partial charge in [0.1, 0.15) is 4.60 Å². The van der Waals surface area contributed by atoms with Gasteiger partial charge in [-0.15, -0.1) is 23.5 Å². The van der Waals surface area contributed by atoms with Gasteiger partial charge in [0, 0.05) is 38.0 Å². The summed E-state index contributed by atoms with van der Waals surface area (Å²) in [5.41, 5.74) is 3.32. The summed E-state index contributed by atoms with van der Waals surface area (Å²) < 4.78 is 8.43. The van der Waals surface area contributed by atoms with Crippen molar-refractivity contribution in [1.82, 2.24) is 9.55 Å². The number of hydrogen-bond acceptors (Lipinski definition) is 2. The van der Waals surface area contributed by atoms with Gasteiger partial charge in [-0.25, -0.2) is 0 Å². The molecule has 2 nitrogen and oxygen atoms in total. The normalized spacial score (nSPS) is 11.9. The largest absolute Gasteiger partial charge is 0.348 e. The Morgan fingerprint density at radius 3 is 2.18 bits per heavy atom. The average Bonchev–Trinajstić information content (AvgIpc) is 3.13. The van der Waals surface area contributed by atoms with Crippen LogP contribution < -0.4 is 0 Å². The Morgan fingerprint density at radius 2 is 1.54 bits per heavy atom. The summed E-state index contributed by atoms with van der Waals surface area (Å²) in [6.07, 6.45) is 4.19. The topological polar surface area (TPSA) is 20.7 Å². The second-order valence-electron chi connectivity index (χ2n) is 5.86. The zero-order valence-electron chi connectivity index (χ0n) is 14.3. The van der Waals surface area contributed by atoms with Crippen LogP contribution in [0.1, 0.15) is 0 Å². The number of aromatic nitrogens is 2. The fourth-order valence-corrected chi connectivity index (χ4v) is 8.73. The molecule has 0 aliphatic heterocycles. The van der Waals surface area contributed by atoms with Gasteiger partial charge in [-0.2, -0.15) is 0 Å². The third-order valence-electron chi connectivity index (χ3n) is 4.38. The first kappa shape index (κ1) is 22.3. The van der Waals surface area contributed by atoms with Crippen molar-refractivity contribution in [2.75, 3.05) is 12.5 Å². The predicted molar refractivity (Wildman–Crippen MR) is 145 cm³/mol. The molecule has 28 heavy (non-hydrogen) atoms. The van der Waals surface area contributed by atoms with Crippen molar-refractivity contribution in [2.45, 2.75) is 9.92 Å². The van der Waals surface area contributed by atoms with Gasteiger partial charge < -0.3 is 4.98 Å². The molecule has 4 rings (SSSR count). The third kappa shape index (κ3) is 3.45. The first-order chi connectivity index (χ1) is 13.3. The van der Waals surface area contributed by atoms with Gasteiger partial charge in [-0.05, 0) is 110 Å². The highest BCUT2D eigenvalue weighted by atomic mass is 79.9. The van der Waals surface area contributed by atoms with Gasteiger partial charge >= 0.3 is 0 Å². The van der Waals surface area contributed by atoms with Crippen molar-refractivity contribution in [3.8, 4) is 5.69 Å². The van der Waals surface area contributed by atoms with E-state index in [1.165, 1.54) is 10.3 Å². The minimum Gasteiger partial charge on any atom is -0.348 e. The summed E-state index contributed by atoms with van der Waals surface area (Å²) in [5, 5.41) is 3.42. The molecule has 0 amide bonds. The molecule has 0 bridgehead atoms. The standard InChI is InChI=1S/C18H10Br6N2S2/c1-27-16-12-10(5-8(21)13(22)14(12)23)26(17(16)24)15-11-7(20)3-6(19)4-9(11)25-18(15)28-2/h3-5,25H,1-2H3. The van der Waals surface area contributed by atoms with E-state index in [-0.39, 0.29) is 0 Å². The van der Waals surface area contributed by atoms with Crippen molar-refractivity contribution in [2.24, 2.45) is 0 Å². The van der Waals surface area contributed by atoms with Crippen LogP contribution in [0.3, 0.4) is 0 Å². The van der Waals surface area contributed by atoms with E-state index >= 15 is 0 Å². The zero-order chi connectivity index (χ0) is 20.3. The first-order valence-electron chi connectivity index (χ1n) is 7.76. The van der Waals surface area contributed by atoms with E-state index in [2.05, 4.69) is 136 Å². The smallest absolute Gasteiger partial charge is 0.104 e. The molecule has 146 valence electrons. The Labute approximate surface area is 221 Å². The minimum absolute atomic E-state index is 0.998. The highest BCUT2D eigenvalue weighted by molar-refractivity contribution is 9.14. The van der Waals surface area contributed by atoms with Crippen LogP contribution in [0.4, 0.5) is 0 Å². The van der Waals surface area contributed by atoms with Crippen LogP contribution in [-0.4, -0.2) is 22.1 Å². The molecule has 0 radical (unpaired) electrons. The summed E-state index contributed by atoms with van der Waals surface area (Å²) in [6, 6.07) is 6.35. The molecule has 0 atom stereocenters. The molecule has 0 aliphatic rings. The number of thioether (sulfide) groups is 2. The van der Waals surface area contributed by atoms with E-state index in [0.29, 0.717) is 0 Å². The van der Waals surface area contributed by atoms with Crippen LogP contribution in [0.25, 0.3) is 27.5 Å². The summed E-state index contributed by atoms with van der Waals surface area (Å²) in [6.45, 7) is 0. The van der Waals surface area contributed by atoms with Gasteiger partial charge in [0.15, 0.2) is 0 Å². The number of rotatable bonds is 3. The molecular weight excluding hydrogens is 788 g/mol. The predicted octanol–water partition coefficient (Wildman–Crippen LogP) is 10.1. The van der Waals surface area contributed by atoms with Crippen molar-refractivity contribution in [1.29, 1.82) is 0 Å². The Bertz CT molecular complexity index is 1260. The lowest BCUT2D eigenvalue weighted by Crippen LogP contribution is -1.96. The number of H-pyrrole nitrogens is 1. The van der Waals surface area contributed by atoms with Gasteiger partial charge in [0.2, 0.25) is 0 Å². The Balaban J connectivity index is 2.24. The lowest BCUT2D eigenvalue weighted by molar-refractivity contribution is 1.03. The zero-order valence-corrected chi connectivity index (χ0v) is 25.4. The Hall–Kier alpha value is 1.10. The Morgan fingerprint density at radius 1 is 0.821 bits per heavy atom. The number of aromatic amines is 1. The molecule has 0 fully saturated rings. The number of hydrogen-bond donors (Lipinski definition) is 1. The average molecular weight is 798 g/mol. The monoisotopic (exact) mass is 792 g/mol. The molecular formula is C18H10Br6N2S2. The van der Waals surface area contributed by atoms with Crippen LogP contribution in [0, 0.1) is 0 Å². The fourth-order valence-electron chi connectivity index (χ4n) is 3.26. The van der Waals surface area contributed by atoms with E-state index < -0.39 is 0 Å². The van der Waals surface area contributed by atoms with Crippen LogP contribution in [0.5, 0.6) is 0 Å². The summed E-state index contributed by atoms with van der Waals surface area (Å²) >= 11 is 25.9. The van der Waals surface area contributed by atoms with Crippen LogP contribution >= 0.6 is 119 Å². The quantitative estimate of drug-likeness (QED) is 0.165. The molecule has 0 spiro atoms. The van der Waals surface area contributed by atoms with Gasteiger partial charge in [0.05, 0.1) is 21.7 Å². The molecule has 10 heteroatoms. The molecule has 0 unspecified atom stereocenters. The maximum atomic E-state index is 3.89. The SMILES string of the molecule is CSc1[nH]c2cc(Br)cc(Br)c2c1-n1c(Br)c(SC)c2c(Br)c(Br)c(Br)cc21. The lowest BCUT2D eigenvalue weighted by atomic mass is 10.2. The Kier molecular flexibility index (Phi) is 6.82. The highest BCUT2D eigenvalue weighted by Crippen LogP contribution is 2.49. The van der Waals surface area contributed by atoms with Crippen molar-refractivity contribution in [3.63, 3.8) is 0 Å². The van der Waals surface area contributed by atoms with E-state index in [4.69, 9.17) is 0 Å². The summed E-state index contributed by atoms with van der Waals surface area (Å²) in [7, 11) is 0. The number of nitrogens with zero attached hydrogens (tertiary/aromatic N) is 1. The molecule has 1 N–H and O–H groups in total. The maximum absolute atomic E-state index is 3.89. The second-order valence-corrected chi connectivity index (χ2v) is 12.5. The molecule has 2 aromatic carbocycles. The van der Waals surface area contributed by atoms with Crippen molar-refractivity contribution in [3.05, 3.63) is 45.2 Å². The fraction of sp³-hybridized carbons (Fsp3) is 0.111. The maximum Gasteiger partial charge on any atom is 0.104 e. The van der Waals surface area contributed by atoms with Gasteiger partial charge in [-0.3, -0.25) is 4.57 Å². The molecule has 0 saturated heterocycles. The summed E-state index contributed by atoms with van der Waals surface area (Å²) in [4.78, 5) is 4.76. The molecule has 4 aromatic rings. The van der Waals surface area contributed by atoms with Crippen molar-refractivity contribution < 1.29 is 0 Å². The van der Waals surface area contributed by atoms with Gasteiger partial charge in [0.25, 0.3) is 0 Å². The molecule has 0 aliphatic carbocycles. The number of nitrogens with one attached hydrogen (secondary N) is 1. The van der Waals surface area contributed by atoms with Crippen LogP contribution in [0.15, 0.2) is 55.1 Å². The highest BCUT2D eigenvalue weighted by Gasteiger charge is 2.25. The van der Waals surface area contributed by atoms with E-state index in [1.54, 1.807) is 23.5 Å². The van der Waals surface area contributed by atoms with E-state index in [0.717, 1.165) is 54.1 Å². The number of halogens is 6. The molecule has 2 aromatic heterocycles. The van der Waals surface area contributed by atoms with Crippen LogP contribution in [0.2, 0.25) is 0 Å². The third-order valence-corrected chi connectivity index (χ3v) is 11.3. The number of benzene rings is 2. The van der Waals surface area contributed by atoms with E-state index in [9.17, 15) is 0 Å². The first-order valence-corrected chi connectivity index (χ1v) is 15.0. The molecule has 0 saturated carbocycles.